The molecule has 3 bridgehead atoms. The minimum absolute atomic E-state index is 0.0365. The van der Waals surface area contributed by atoms with E-state index in [0.29, 0.717) is 46.9 Å². The lowest BCUT2D eigenvalue weighted by atomic mass is 9.53. The molecule has 1 amide bonds. The van der Waals surface area contributed by atoms with Gasteiger partial charge in [0.25, 0.3) is 0 Å². The van der Waals surface area contributed by atoms with Gasteiger partial charge < -0.3 is 19.2 Å². The Kier molecular flexibility index (Phi) is 5.50. The Morgan fingerprint density at radius 3 is 2.77 bits per heavy atom. The topological polar surface area (TPSA) is 75.8 Å². The van der Waals surface area contributed by atoms with Gasteiger partial charge in [-0.1, -0.05) is 35.9 Å². The molecular formula is C33H35ClN2O4. The van der Waals surface area contributed by atoms with E-state index in [4.69, 9.17) is 20.8 Å². The summed E-state index contributed by atoms with van der Waals surface area (Å²) in [6.45, 7) is 3.01. The van der Waals surface area contributed by atoms with E-state index >= 15 is 0 Å². The Morgan fingerprint density at radius 1 is 1.12 bits per heavy atom. The minimum Gasteiger partial charge on any atom is -0.487 e. The van der Waals surface area contributed by atoms with Gasteiger partial charge in [-0.3, -0.25) is 4.79 Å². The highest BCUT2D eigenvalue weighted by molar-refractivity contribution is 6.31. The van der Waals surface area contributed by atoms with Gasteiger partial charge in [-0.25, -0.2) is 4.98 Å². The van der Waals surface area contributed by atoms with Crippen LogP contribution in [0.3, 0.4) is 0 Å². The lowest BCUT2D eigenvalue weighted by Crippen LogP contribution is -2.57. The number of likely N-dealkylation sites (tertiary alicyclic amines) is 1. The fraction of sp³-hybridized carbons (Fsp3) is 0.515. The van der Waals surface area contributed by atoms with E-state index in [0.717, 1.165) is 61.2 Å². The van der Waals surface area contributed by atoms with Crippen molar-refractivity contribution in [1.29, 1.82) is 0 Å². The standard InChI is InChI=1S/C33H35ClN2O4/c1-19-28(35-30(40-19)20-5-3-2-4-6-20)18-39-26-8-7-21(27(34)13-26)11-22-9-10-36(31(22)37)29-23-12-25-17-33(38)16-24(29)15-32(25,33)14-23/h2-8,13,22-25,29,38H,9-12,14-18H2,1H3/t22?,23?,24?,25-,29?,32?,33?/m1/s1. The first-order valence-electron chi connectivity index (χ1n) is 14.8. The minimum atomic E-state index is -0.443. The summed E-state index contributed by atoms with van der Waals surface area (Å²) < 4.78 is 11.9. The summed E-state index contributed by atoms with van der Waals surface area (Å²) in [5.74, 6) is 3.95. The van der Waals surface area contributed by atoms with Crippen molar-refractivity contribution in [2.75, 3.05) is 6.54 Å². The van der Waals surface area contributed by atoms with Gasteiger partial charge in [-0.2, -0.15) is 0 Å². The normalized spacial score (nSPS) is 35.3. The van der Waals surface area contributed by atoms with Crippen LogP contribution in [0, 0.1) is 36.0 Å². The quantitative estimate of drug-likeness (QED) is 0.373. The number of amides is 1. The summed E-state index contributed by atoms with van der Waals surface area (Å²) in [5.41, 5.74) is 2.42. The van der Waals surface area contributed by atoms with E-state index < -0.39 is 5.60 Å². The molecule has 1 aliphatic heterocycles. The number of carbonyl (C=O) groups excluding carboxylic acids is 1. The molecular weight excluding hydrogens is 524 g/mol. The first-order chi connectivity index (χ1) is 19.3. The first kappa shape index (κ1) is 24.9. The monoisotopic (exact) mass is 558 g/mol. The Bertz CT molecular complexity index is 1480. The summed E-state index contributed by atoms with van der Waals surface area (Å²) in [5, 5.41) is 11.9. The summed E-state index contributed by atoms with van der Waals surface area (Å²) in [7, 11) is 0. The molecule has 5 fully saturated rings. The lowest BCUT2D eigenvalue weighted by molar-refractivity contribution is -0.176. The van der Waals surface area contributed by atoms with Crippen LogP contribution in [0.2, 0.25) is 5.02 Å². The maximum Gasteiger partial charge on any atom is 0.226 e. The van der Waals surface area contributed by atoms with Crippen LogP contribution in [-0.2, 0) is 17.8 Å². The fourth-order valence-electron chi connectivity index (χ4n) is 9.45. The van der Waals surface area contributed by atoms with E-state index in [2.05, 4.69) is 9.88 Å². The van der Waals surface area contributed by atoms with Crippen LogP contribution < -0.4 is 4.74 Å². The summed E-state index contributed by atoms with van der Waals surface area (Å²) in [6.07, 6.45) is 6.86. The van der Waals surface area contributed by atoms with Crippen LogP contribution >= 0.6 is 11.6 Å². The molecule has 7 heteroatoms. The summed E-state index contributed by atoms with van der Waals surface area (Å²) in [4.78, 5) is 20.5. The van der Waals surface area contributed by atoms with Gasteiger partial charge >= 0.3 is 0 Å². The van der Waals surface area contributed by atoms with Crippen LogP contribution in [-0.4, -0.2) is 39.1 Å². The number of aliphatic hydroxyl groups is 1. The Labute approximate surface area is 239 Å². The van der Waals surface area contributed by atoms with Gasteiger partial charge in [-0.05, 0) is 99.5 Å². The number of hydrogen-bond acceptors (Lipinski definition) is 5. The number of carbonyl (C=O) groups is 1. The lowest BCUT2D eigenvalue weighted by Gasteiger charge is -2.55. The number of halogens is 1. The van der Waals surface area contributed by atoms with Crippen molar-refractivity contribution in [2.45, 2.75) is 70.1 Å². The summed E-state index contributed by atoms with van der Waals surface area (Å²) in [6, 6.07) is 15.9. The fourth-order valence-corrected chi connectivity index (χ4v) is 9.70. The third kappa shape index (κ3) is 3.58. The van der Waals surface area contributed by atoms with Gasteiger partial charge in [-0.15, -0.1) is 0 Å². The first-order valence-corrected chi connectivity index (χ1v) is 15.2. The smallest absolute Gasteiger partial charge is 0.226 e. The Hall–Kier alpha value is -2.83. The summed E-state index contributed by atoms with van der Waals surface area (Å²) >= 11 is 6.71. The molecule has 4 aliphatic carbocycles. The van der Waals surface area contributed by atoms with E-state index in [1.165, 1.54) is 6.42 Å². The molecule has 2 heterocycles. The molecule has 6 nitrogen and oxygen atoms in total. The second-order valence-electron chi connectivity index (χ2n) is 13.1. The van der Waals surface area contributed by atoms with Crippen molar-refractivity contribution >= 4 is 17.5 Å². The van der Waals surface area contributed by atoms with E-state index in [9.17, 15) is 9.90 Å². The van der Waals surface area contributed by atoms with Crippen molar-refractivity contribution in [2.24, 2.45) is 29.1 Å². The zero-order chi connectivity index (χ0) is 27.2. The van der Waals surface area contributed by atoms with Crippen LogP contribution in [0.4, 0.5) is 0 Å². The molecule has 5 aliphatic rings. The van der Waals surface area contributed by atoms with Crippen LogP contribution in [0.15, 0.2) is 52.9 Å². The van der Waals surface area contributed by atoms with Gasteiger partial charge in [0.2, 0.25) is 11.8 Å². The molecule has 4 saturated carbocycles. The number of hydrogen-bond donors (Lipinski definition) is 1. The zero-order valence-corrected chi connectivity index (χ0v) is 23.6. The maximum atomic E-state index is 13.7. The molecule has 208 valence electrons. The number of oxazole rings is 1. The second-order valence-corrected chi connectivity index (χ2v) is 13.5. The highest BCUT2D eigenvalue weighted by atomic mass is 35.5. The number of benzene rings is 2. The molecule has 3 aromatic rings. The third-order valence-electron chi connectivity index (χ3n) is 11.2. The van der Waals surface area contributed by atoms with Gasteiger partial charge in [0.1, 0.15) is 23.8 Å². The number of nitrogens with zero attached hydrogens (tertiary/aromatic N) is 2. The van der Waals surface area contributed by atoms with Crippen LogP contribution in [0.5, 0.6) is 5.75 Å². The van der Waals surface area contributed by atoms with Crippen LogP contribution in [0.25, 0.3) is 11.5 Å². The second kappa shape index (κ2) is 8.83. The predicted molar refractivity (Wildman–Crippen MR) is 151 cm³/mol. The molecule has 1 N–H and O–H groups in total. The molecule has 1 spiro atoms. The van der Waals surface area contributed by atoms with Gasteiger partial charge in [0.05, 0.1) is 5.60 Å². The number of aryl methyl sites for hydroxylation is 1. The number of fused-ring (bicyclic) bond motifs is 2. The van der Waals surface area contributed by atoms with E-state index in [-0.39, 0.29) is 23.8 Å². The number of aromatic nitrogens is 1. The molecule has 2 aromatic carbocycles. The number of rotatable bonds is 7. The van der Waals surface area contributed by atoms with Crippen molar-refractivity contribution in [3.8, 4) is 17.2 Å². The molecule has 40 heavy (non-hydrogen) atoms. The molecule has 6 unspecified atom stereocenters. The van der Waals surface area contributed by atoms with Crippen molar-refractivity contribution < 1.29 is 19.1 Å². The molecule has 1 aromatic heterocycles. The highest BCUT2D eigenvalue weighted by Gasteiger charge is 2.76. The zero-order valence-electron chi connectivity index (χ0n) is 22.8. The Balaban J connectivity index is 0.916. The average Bonchev–Trinajstić information content (AvgIpc) is 3.61. The molecule has 8 rings (SSSR count). The van der Waals surface area contributed by atoms with Gasteiger partial charge in [0.15, 0.2) is 0 Å². The van der Waals surface area contributed by atoms with Crippen LogP contribution in [0.1, 0.15) is 55.5 Å². The highest BCUT2D eigenvalue weighted by Crippen LogP contribution is 2.77. The van der Waals surface area contributed by atoms with Crippen molar-refractivity contribution in [3.05, 3.63) is 70.6 Å². The largest absolute Gasteiger partial charge is 0.487 e. The molecule has 7 atom stereocenters. The van der Waals surface area contributed by atoms with E-state index in [1.54, 1.807) is 0 Å². The van der Waals surface area contributed by atoms with Crippen molar-refractivity contribution in [3.63, 3.8) is 0 Å². The average molecular weight is 559 g/mol. The maximum absolute atomic E-state index is 13.7. The SMILES string of the molecule is Cc1oc(-c2ccccc2)nc1COc1ccc(CC2CCN(C3C4C[C@@H]5CC6(O)CC3CC56C4)C2=O)c(Cl)c1. The predicted octanol–water partition coefficient (Wildman–Crippen LogP) is 6.21. The van der Waals surface area contributed by atoms with E-state index in [1.807, 2.05) is 55.5 Å². The third-order valence-corrected chi connectivity index (χ3v) is 11.5. The van der Waals surface area contributed by atoms with Gasteiger partial charge in [0, 0.05) is 34.5 Å². The van der Waals surface area contributed by atoms with Crippen molar-refractivity contribution in [1.82, 2.24) is 9.88 Å². The molecule has 1 saturated heterocycles. The Morgan fingerprint density at radius 2 is 1.95 bits per heavy atom. The molecule has 0 radical (unpaired) electrons. The number of ether oxygens (including phenoxy) is 1.